The molecule has 0 aromatic heterocycles. The van der Waals surface area contributed by atoms with Gasteiger partial charge >= 0.3 is 0 Å². The molecule has 0 spiro atoms. The highest BCUT2D eigenvalue weighted by atomic mass is 35.5. The zero-order valence-electron chi connectivity index (χ0n) is 10.1. The summed E-state index contributed by atoms with van der Waals surface area (Å²) in [6.07, 6.45) is 1.45. The van der Waals surface area contributed by atoms with Crippen LogP contribution in [0.5, 0.6) is 0 Å². The molecule has 2 rings (SSSR count). The number of hydrogen-bond acceptors (Lipinski definition) is 3. The van der Waals surface area contributed by atoms with E-state index in [9.17, 15) is 13.2 Å². The molecule has 0 radical (unpaired) electrons. The van der Waals surface area contributed by atoms with Crippen molar-refractivity contribution in [1.29, 1.82) is 0 Å². The Balaban J connectivity index is 2.20. The van der Waals surface area contributed by atoms with E-state index in [2.05, 4.69) is 4.72 Å². The molecule has 0 unspecified atom stereocenters. The van der Waals surface area contributed by atoms with E-state index in [0.29, 0.717) is 28.7 Å². The van der Waals surface area contributed by atoms with Gasteiger partial charge in [-0.15, -0.1) is 0 Å². The summed E-state index contributed by atoms with van der Waals surface area (Å²) >= 11 is 11.7. The molecule has 1 saturated heterocycles. The maximum absolute atomic E-state index is 12.1. The largest absolute Gasteiger partial charge is 0.311 e. The van der Waals surface area contributed by atoms with Crippen molar-refractivity contribution < 1.29 is 13.2 Å². The molecule has 1 aromatic rings. The number of rotatable bonds is 3. The number of halogens is 2. The average Bonchev–Trinajstić information content (AvgIpc) is 2.63. The van der Waals surface area contributed by atoms with Gasteiger partial charge < -0.3 is 4.90 Å². The number of anilines is 1. The molecule has 1 heterocycles. The minimum absolute atomic E-state index is 0.288. The van der Waals surface area contributed by atoms with Crippen molar-refractivity contribution in [2.24, 2.45) is 0 Å². The molecule has 104 valence electrons. The van der Waals surface area contributed by atoms with Crippen LogP contribution in [0.2, 0.25) is 10.0 Å². The first-order chi connectivity index (χ1) is 8.78. The van der Waals surface area contributed by atoms with Gasteiger partial charge in [0.05, 0.1) is 16.3 Å². The van der Waals surface area contributed by atoms with Crippen LogP contribution < -0.4 is 9.62 Å². The van der Waals surface area contributed by atoms with E-state index in [-0.39, 0.29) is 5.91 Å². The molecule has 8 heteroatoms. The van der Waals surface area contributed by atoms with Crippen LogP contribution in [0.15, 0.2) is 18.2 Å². The first-order valence-corrected chi connectivity index (χ1v) is 8.16. The monoisotopic (exact) mass is 322 g/mol. The van der Waals surface area contributed by atoms with Gasteiger partial charge in [0.25, 0.3) is 0 Å². The van der Waals surface area contributed by atoms with E-state index < -0.39 is 16.1 Å². The van der Waals surface area contributed by atoms with Gasteiger partial charge in [0, 0.05) is 12.2 Å². The SMILES string of the molecule is CS(=O)(=O)N[C@@H]1CCN(c2ccc(Cl)c(Cl)c2)C1=O. The Morgan fingerprint density at radius 3 is 2.58 bits per heavy atom. The van der Waals surface area contributed by atoms with Gasteiger partial charge in [-0.25, -0.2) is 13.1 Å². The highest BCUT2D eigenvalue weighted by Crippen LogP contribution is 2.29. The van der Waals surface area contributed by atoms with Crippen molar-refractivity contribution in [3.05, 3.63) is 28.2 Å². The summed E-state index contributed by atoms with van der Waals surface area (Å²) in [5.41, 5.74) is 0.609. The van der Waals surface area contributed by atoms with Crippen LogP contribution >= 0.6 is 23.2 Å². The second-order valence-corrected chi connectivity index (χ2v) is 6.91. The molecule has 19 heavy (non-hydrogen) atoms. The highest BCUT2D eigenvalue weighted by Gasteiger charge is 2.34. The van der Waals surface area contributed by atoms with Crippen LogP contribution in [0, 0.1) is 0 Å². The lowest BCUT2D eigenvalue weighted by atomic mass is 10.3. The lowest BCUT2D eigenvalue weighted by Crippen LogP contribution is -2.41. The third kappa shape index (κ3) is 3.39. The summed E-state index contributed by atoms with van der Waals surface area (Å²) in [4.78, 5) is 13.6. The second-order valence-electron chi connectivity index (χ2n) is 4.32. The Morgan fingerprint density at radius 1 is 1.32 bits per heavy atom. The number of carbonyl (C=O) groups is 1. The molecule has 0 aliphatic carbocycles. The summed E-state index contributed by atoms with van der Waals surface area (Å²) < 4.78 is 24.6. The van der Waals surface area contributed by atoms with Crippen LogP contribution in [0.1, 0.15) is 6.42 Å². The number of hydrogen-bond donors (Lipinski definition) is 1. The minimum Gasteiger partial charge on any atom is -0.311 e. The molecule has 1 aliphatic rings. The quantitative estimate of drug-likeness (QED) is 0.920. The molecule has 1 aromatic carbocycles. The van der Waals surface area contributed by atoms with E-state index in [1.54, 1.807) is 18.2 Å². The Morgan fingerprint density at radius 2 is 2.00 bits per heavy atom. The molecule has 1 N–H and O–H groups in total. The molecule has 1 atom stereocenters. The van der Waals surface area contributed by atoms with E-state index in [1.807, 2.05) is 0 Å². The van der Waals surface area contributed by atoms with Crippen molar-refractivity contribution in [3.8, 4) is 0 Å². The lowest BCUT2D eigenvalue weighted by Gasteiger charge is -2.17. The molecule has 0 bridgehead atoms. The van der Waals surface area contributed by atoms with Crippen LogP contribution in [-0.4, -0.2) is 33.2 Å². The summed E-state index contributed by atoms with van der Waals surface area (Å²) in [6.45, 7) is 0.435. The Hall–Kier alpha value is -0.820. The highest BCUT2D eigenvalue weighted by molar-refractivity contribution is 7.88. The summed E-state index contributed by atoms with van der Waals surface area (Å²) in [7, 11) is -3.41. The molecule has 5 nitrogen and oxygen atoms in total. The molecular formula is C11H12Cl2N2O3S. The first kappa shape index (κ1) is 14.6. The lowest BCUT2D eigenvalue weighted by molar-refractivity contribution is -0.118. The molecule has 1 fully saturated rings. The number of nitrogens with zero attached hydrogens (tertiary/aromatic N) is 1. The van der Waals surface area contributed by atoms with Crippen molar-refractivity contribution in [2.45, 2.75) is 12.5 Å². The van der Waals surface area contributed by atoms with Crippen molar-refractivity contribution in [3.63, 3.8) is 0 Å². The van der Waals surface area contributed by atoms with E-state index >= 15 is 0 Å². The van der Waals surface area contributed by atoms with E-state index in [4.69, 9.17) is 23.2 Å². The van der Waals surface area contributed by atoms with Crippen molar-refractivity contribution >= 4 is 44.8 Å². The predicted octanol–water partition coefficient (Wildman–Crippen LogP) is 1.65. The maximum atomic E-state index is 12.1. The predicted molar refractivity (Wildman–Crippen MR) is 75.2 cm³/mol. The van der Waals surface area contributed by atoms with Gasteiger partial charge in [-0.2, -0.15) is 0 Å². The second kappa shape index (κ2) is 5.28. The third-order valence-corrected chi connectivity index (χ3v) is 4.23. The normalized spacial score (nSPS) is 20.1. The zero-order valence-corrected chi connectivity index (χ0v) is 12.4. The van der Waals surface area contributed by atoms with Crippen molar-refractivity contribution in [1.82, 2.24) is 4.72 Å². The van der Waals surface area contributed by atoms with E-state index in [1.165, 1.54) is 4.90 Å². The Kier molecular flexibility index (Phi) is 4.06. The number of carbonyl (C=O) groups excluding carboxylic acids is 1. The van der Waals surface area contributed by atoms with Gasteiger partial charge in [0.2, 0.25) is 15.9 Å². The summed E-state index contributed by atoms with van der Waals surface area (Å²) in [5.74, 6) is -0.288. The van der Waals surface area contributed by atoms with Gasteiger partial charge in [0.1, 0.15) is 6.04 Å². The molecule has 0 saturated carbocycles. The van der Waals surface area contributed by atoms with Gasteiger partial charge in [-0.1, -0.05) is 23.2 Å². The average molecular weight is 323 g/mol. The standard InChI is InChI=1S/C11H12Cl2N2O3S/c1-19(17,18)14-10-4-5-15(11(10)16)7-2-3-8(12)9(13)6-7/h2-3,6,10,14H,4-5H2,1H3/t10-/m1/s1. The fraction of sp³-hybridized carbons (Fsp3) is 0.364. The number of amides is 1. The minimum atomic E-state index is -3.41. The Bertz CT molecular complexity index is 618. The molecule has 1 amide bonds. The number of nitrogens with one attached hydrogen (secondary N) is 1. The smallest absolute Gasteiger partial charge is 0.245 e. The van der Waals surface area contributed by atoms with Gasteiger partial charge in [0.15, 0.2) is 0 Å². The number of benzene rings is 1. The van der Waals surface area contributed by atoms with Gasteiger partial charge in [-0.3, -0.25) is 4.79 Å². The maximum Gasteiger partial charge on any atom is 0.245 e. The van der Waals surface area contributed by atoms with E-state index in [0.717, 1.165) is 6.26 Å². The van der Waals surface area contributed by atoms with Crippen LogP contribution in [0.25, 0.3) is 0 Å². The summed E-state index contributed by atoms with van der Waals surface area (Å²) in [5, 5.41) is 0.759. The van der Waals surface area contributed by atoms with Crippen LogP contribution in [0.3, 0.4) is 0 Å². The van der Waals surface area contributed by atoms with Crippen LogP contribution in [-0.2, 0) is 14.8 Å². The van der Waals surface area contributed by atoms with Gasteiger partial charge in [-0.05, 0) is 24.6 Å². The topological polar surface area (TPSA) is 66.5 Å². The fourth-order valence-electron chi connectivity index (χ4n) is 1.96. The van der Waals surface area contributed by atoms with Crippen LogP contribution in [0.4, 0.5) is 5.69 Å². The Labute approximate surface area is 121 Å². The third-order valence-electron chi connectivity index (χ3n) is 2.78. The molecular weight excluding hydrogens is 311 g/mol. The van der Waals surface area contributed by atoms with Crippen molar-refractivity contribution in [2.75, 3.05) is 17.7 Å². The fourth-order valence-corrected chi connectivity index (χ4v) is 2.98. The number of sulfonamides is 1. The zero-order chi connectivity index (χ0) is 14.2. The summed E-state index contributed by atoms with van der Waals surface area (Å²) in [6, 6.07) is 4.15. The molecule has 1 aliphatic heterocycles. The first-order valence-electron chi connectivity index (χ1n) is 5.51.